The minimum Gasteiger partial charge on any atom is -0.433 e. The molecule has 2 aliphatic heterocycles. The Bertz CT molecular complexity index is 1090. The van der Waals surface area contributed by atoms with E-state index in [4.69, 9.17) is 35.5 Å². The van der Waals surface area contributed by atoms with Crippen LogP contribution in [-0.4, -0.2) is 54.4 Å². The maximum Gasteiger partial charge on any atom is 0.199 e. The van der Waals surface area contributed by atoms with Crippen molar-refractivity contribution in [2.24, 2.45) is 0 Å². The molecule has 2 aliphatic rings. The fourth-order valence-electron chi connectivity index (χ4n) is 4.00. The molecule has 172 valence electrons. The summed E-state index contributed by atoms with van der Waals surface area (Å²) in [6.07, 6.45) is 3.70. The number of nitrogens with zero attached hydrogens (tertiary/aromatic N) is 3. The summed E-state index contributed by atoms with van der Waals surface area (Å²) in [5.41, 5.74) is 3.52. The molecule has 2 fully saturated rings. The van der Waals surface area contributed by atoms with Crippen molar-refractivity contribution in [1.29, 1.82) is 0 Å². The first-order valence-corrected chi connectivity index (χ1v) is 12.4. The Morgan fingerprint density at radius 2 is 1.73 bits per heavy atom. The predicted molar refractivity (Wildman–Crippen MR) is 130 cm³/mol. The van der Waals surface area contributed by atoms with Crippen LogP contribution >= 0.6 is 23.4 Å². The van der Waals surface area contributed by atoms with E-state index in [1.165, 1.54) is 0 Å². The molecular weight excluding hydrogens is 458 g/mol. The fourth-order valence-corrected chi connectivity index (χ4v) is 5.00. The summed E-state index contributed by atoms with van der Waals surface area (Å²) < 4.78 is 17.3. The van der Waals surface area contributed by atoms with Gasteiger partial charge in [-0.1, -0.05) is 18.2 Å². The van der Waals surface area contributed by atoms with Crippen molar-refractivity contribution < 1.29 is 13.9 Å². The number of rotatable bonds is 6. The van der Waals surface area contributed by atoms with Gasteiger partial charge in [0.15, 0.2) is 11.0 Å². The third-order valence-corrected chi connectivity index (χ3v) is 7.15. The van der Waals surface area contributed by atoms with Crippen molar-refractivity contribution in [3.05, 3.63) is 65.8 Å². The van der Waals surface area contributed by atoms with Crippen LogP contribution in [0.2, 0.25) is 5.02 Å². The molecule has 0 N–H and O–H groups in total. The number of hydrogen-bond donors (Lipinski definition) is 0. The van der Waals surface area contributed by atoms with Crippen LogP contribution in [-0.2, 0) is 9.47 Å². The van der Waals surface area contributed by atoms with Crippen LogP contribution in [0.25, 0.3) is 17.0 Å². The van der Waals surface area contributed by atoms with Crippen molar-refractivity contribution in [3.8, 4) is 11.3 Å². The molecular formula is C25H26ClN3O3S. The van der Waals surface area contributed by atoms with Gasteiger partial charge in [-0.15, -0.1) is 0 Å². The van der Waals surface area contributed by atoms with Crippen LogP contribution in [0.3, 0.4) is 0 Å². The molecule has 0 spiro atoms. The van der Waals surface area contributed by atoms with Crippen molar-refractivity contribution >= 4 is 29.1 Å². The van der Waals surface area contributed by atoms with E-state index in [0.29, 0.717) is 5.02 Å². The Morgan fingerprint density at radius 1 is 1.00 bits per heavy atom. The zero-order valence-corrected chi connectivity index (χ0v) is 19.9. The van der Waals surface area contributed by atoms with E-state index < -0.39 is 0 Å². The first-order valence-electron chi connectivity index (χ1n) is 11.2. The molecule has 8 heteroatoms. The largest absolute Gasteiger partial charge is 0.433 e. The average Bonchev–Trinajstić information content (AvgIpc) is 3.30. The molecule has 0 unspecified atom stereocenters. The molecule has 0 aliphatic carbocycles. The molecule has 0 bridgehead atoms. The molecule has 0 radical (unpaired) electrons. The van der Waals surface area contributed by atoms with Crippen molar-refractivity contribution in [2.45, 2.75) is 28.7 Å². The number of aromatic nitrogens is 2. The second kappa shape index (κ2) is 10.3. The van der Waals surface area contributed by atoms with Crippen LogP contribution < -0.4 is 0 Å². The highest BCUT2D eigenvalue weighted by Crippen LogP contribution is 2.40. The lowest BCUT2D eigenvalue weighted by molar-refractivity contribution is 0.0639. The molecule has 33 heavy (non-hydrogen) atoms. The summed E-state index contributed by atoms with van der Waals surface area (Å²) in [7, 11) is 0. The zero-order chi connectivity index (χ0) is 22.6. The third kappa shape index (κ3) is 5.27. The Labute approximate surface area is 203 Å². The summed E-state index contributed by atoms with van der Waals surface area (Å²) in [5.74, 6) is 1.04. The third-order valence-electron chi connectivity index (χ3n) is 5.93. The molecule has 6 nitrogen and oxygen atoms in total. The van der Waals surface area contributed by atoms with Crippen LogP contribution in [0.4, 0.5) is 0 Å². The van der Waals surface area contributed by atoms with Gasteiger partial charge in [0.05, 0.1) is 24.6 Å². The van der Waals surface area contributed by atoms with Gasteiger partial charge in [0.25, 0.3) is 0 Å². The standard InChI is InChI=1S/C25H26ClN3O3S/c1-17(29-10-14-31-15-11-29)22-7-2-19(16-27-22)23-25(33-21-5-3-20(26)4-6-21)32-24(28-23)18-8-12-30-13-9-18/h2-7,16,18H,1,8-15H2. The number of hydrogen-bond acceptors (Lipinski definition) is 7. The van der Waals surface area contributed by atoms with Gasteiger partial charge in [-0.2, -0.15) is 0 Å². The van der Waals surface area contributed by atoms with Gasteiger partial charge in [-0.25, -0.2) is 4.98 Å². The SMILES string of the molecule is C=C(c1ccc(-c2nc(C3CCOCC3)oc2Sc2ccc(Cl)cc2)cn1)N1CCOCC1. The summed E-state index contributed by atoms with van der Waals surface area (Å²) in [4.78, 5) is 12.9. The number of morpholine rings is 1. The van der Waals surface area contributed by atoms with E-state index in [9.17, 15) is 0 Å². The first-order chi connectivity index (χ1) is 16.2. The topological polar surface area (TPSA) is 60.6 Å². The lowest BCUT2D eigenvalue weighted by atomic mass is 10.0. The minimum absolute atomic E-state index is 0.269. The van der Waals surface area contributed by atoms with Gasteiger partial charge in [0.1, 0.15) is 5.69 Å². The molecule has 2 aromatic heterocycles. The number of benzene rings is 1. The van der Waals surface area contributed by atoms with E-state index in [2.05, 4.69) is 11.5 Å². The highest BCUT2D eigenvalue weighted by molar-refractivity contribution is 7.99. The van der Waals surface area contributed by atoms with Crippen molar-refractivity contribution in [3.63, 3.8) is 0 Å². The van der Waals surface area contributed by atoms with Crippen molar-refractivity contribution in [1.82, 2.24) is 14.9 Å². The van der Waals surface area contributed by atoms with Gasteiger partial charge in [0, 0.05) is 53.9 Å². The quantitative estimate of drug-likeness (QED) is 0.443. The first kappa shape index (κ1) is 22.5. The van der Waals surface area contributed by atoms with Crippen molar-refractivity contribution in [2.75, 3.05) is 39.5 Å². The lowest BCUT2D eigenvalue weighted by Gasteiger charge is -2.30. The zero-order valence-electron chi connectivity index (χ0n) is 18.3. The predicted octanol–water partition coefficient (Wildman–Crippen LogP) is 5.74. The normalized spacial score (nSPS) is 17.3. The highest BCUT2D eigenvalue weighted by Gasteiger charge is 2.25. The van der Waals surface area contributed by atoms with Gasteiger partial charge in [-0.05, 0) is 61.0 Å². The lowest BCUT2D eigenvalue weighted by Crippen LogP contribution is -2.34. The maximum absolute atomic E-state index is 6.31. The average molecular weight is 484 g/mol. The summed E-state index contributed by atoms with van der Waals surface area (Å²) in [5, 5.41) is 1.47. The Morgan fingerprint density at radius 3 is 2.42 bits per heavy atom. The van der Waals surface area contributed by atoms with Crippen LogP contribution in [0.1, 0.15) is 30.3 Å². The Hall–Kier alpha value is -2.32. The van der Waals surface area contributed by atoms with E-state index in [0.717, 1.165) is 90.9 Å². The summed E-state index contributed by atoms with van der Waals surface area (Å²) >= 11 is 7.61. The van der Waals surface area contributed by atoms with E-state index in [-0.39, 0.29) is 5.92 Å². The molecule has 1 aromatic carbocycles. The second-order valence-corrected chi connectivity index (χ2v) is 9.59. The molecule has 0 saturated carbocycles. The van der Waals surface area contributed by atoms with Gasteiger partial charge < -0.3 is 18.8 Å². The van der Waals surface area contributed by atoms with Crippen LogP contribution in [0.5, 0.6) is 0 Å². The number of halogens is 1. The smallest absolute Gasteiger partial charge is 0.199 e. The monoisotopic (exact) mass is 483 g/mol. The highest BCUT2D eigenvalue weighted by atomic mass is 35.5. The molecule has 2 saturated heterocycles. The van der Waals surface area contributed by atoms with Gasteiger partial charge in [0.2, 0.25) is 0 Å². The van der Waals surface area contributed by atoms with E-state index in [1.807, 2.05) is 42.6 Å². The summed E-state index contributed by atoms with van der Waals surface area (Å²) in [6, 6.07) is 11.8. The number of oxazole rings is 1. The van der Waals surface area contributed by atoms with Crippen LogP contribution in [0.15, 0.2) is 63.6 Å². The molecule has 0 atom stereocenters. The Balaban J connectivity index is 1.43. The van der Waals surface area contributed by atoms with E-state index >= 15 is 0 Å². The number of pyridine rings is 1. The fraction of sp³-hybridized carbons (Fsp3) is 0.360. The minimum atomic E-state index is 0.269. The number of ether oxygens (including phenoxy) is 2. The van der Waals surface area contributed by atoms with Gasteiger partial charge in [-0.3, -0.25) is 4.98 Å². The van der Waals surface area contributed by atoms with E-state index in [1.54, 1.807) is 11.8 Å². The van der Waals surface area contributed by atoms with Crippen LogP contribution in [0, 0.1) is 0 Å². The molecule has 0 amide bonds. The Kier molecular flexibility index (Phi) is 7.02. The van der Waals surface area contributed by atoms with Gasteiger partial charge >= 0.3 is 0 Å². The second-order valence-electron chi connectivity index (χ2n) is 8.11. The molecule has 5 rings (SSSR count). The molecule has 3 aromatic rings. The maximum atomic E-state index is 6.31. The summed E-state index contributed by atoms with van der Waals surface area (Å²) in [6.45, 7) is 8.83. The molecule has 4 heterocycles.